The number of aromatic nitrogens is 5. The molecule has 0 aliphatic heterocycles. The zero-order chi connectivity index (χ0) is 24.6. The Morgan fingerprint density at radius 2 is 1.92 bits per heavy atom. The largest absolute Gasteiger partial charge is 0.497 e. The first-order valence-electron chi connectivity index (χ1n) is 12.4. The zero-order valence-electron chi connectivity index (χ0n) is 20.2. The molecule has 0 spiro atoms. The Bertz CT molecular complexity index is 1740. The molecule has 2 N–H and O–H groups in total. The van der Waals surface area contributed by atoms with Crippen LogP contribution >= 0.6 is 0 Å². The van der Waals surface area contributed by atoms with Crippen LogP contribution in [-0.4, -0.2) is 50.7 Å². The summed E-state index contributed by atoms with van der Waals surface area (Å²) in [5.74, 6) is 1.97. The monoisotopic (exact) mass is 504 g/mol. The van der Waals surface area contributed by atoms with Gasteiger partial charge in [-0.15, -0.1) is 0 Å². The van der Waals surface area contributed by atoms with E-state index >= 15 is 0 Å². The van der Waals surface area contributed by atoms with Crippen LogP contribution in [0.15, 0.2) is 42.9 Å². The molecule has 2 saturated carbocycles. The fourth-order valence-corrected chi connectivity index (χ4v) is 7.37. The van der Waals surface area contributed by atoms with Gasteiger partial charge in [-0.3, -0.25) is 4.40 Å². The average molecular weight is 505 g/mol. The van der Waals surface area contributed by atoms with Gasteiger partial charge in [-0.1, -0.05) is 0 Å². The number of nitrogens with one attached hydrogen (secondary N) is 2. The number of ether oxygens (including phenoxy) is 1. The van der Waals surface area contributed by atoms with Crippen molar-refractivity contribution >= 4 is 37.6 Å². The van der Waals surface area contributed by atoms with Crippen LogP contribution in [0.4, 0.5) is 0 Å². The van der Waals surface area contributed by atoms with E-state index < -0.39 is 10.0 Å². The molecule has 2 atom stereocenters. The smallest absolute Gasteiger partial charge is 0.214 e. The Morgan fingerprint density at radius 3 is 2.72 bits per heavy atom. The number of hydrogen-bond acceptors (Lipinski definition) is 5. The second-order valence-electron chi connectivity index (χ2n) is 10.2. The maximum atomic E-state index is 12.4. The van der Waals surface area contributed by atoms with Crippen molar-refractivity contribution in [2.24, 2.45) is 7.05 Å². The van der Waals surface area contributed by atoms with E-state index in [1.807, 2.05) is 25.5 Å². The van der Waals surface area contributed by atoms with Crippen molar-refractivity contribution in [1.29, 1.82) is 0 Å². The van der Waals surface area contributed by atoms with Crippen LogP contribution in [0.1, 0.15) is 43.8 Å². The van der Waals surface area contributed by atoms with Gasteiger partial charge < -0.3 is 14.3 Å². The second-order valence-corrected chi connectivity index (χ2v) is 12.1. The molecule has 4 heterocycles. The lowest BCUT2D eigenvalue weighted by Gasteiger charge is -2.13. The van der Waals surface area contributed by atoms with Crippen LogP contribution in [0, 0.1) is 0 Å². The van der Waals surface area contributed by atoms with Gasteiger partial charge >= 0.3 is 0 Å². The molecular formula is C26H28N6O3S. The molecule has 9 nitrogen and oxygen atoms in total. The summed E-state index contributed by atoms with van der Waals surface area (Å²) in [6, 6.07) is 8.20. The fourth-order valence-electron chi connectivity index (χ4n) is 5.74. The third kappa shape index (κ3) is 3.42. The highest BCUT2D eigenvalue weighted by atomic mass is 32.2. The molecule has 186 valence electrons. The number of aromatic amines is 1. The molecule has 0 amide bonds. The van der Waals surface area contributed by atoms with Crippen molar-refractivity contribution in [2.75, 3.05) is 7.11 Å². The first-order valence-corrected chi connectivity index (χ1v) is 14.0. The van der Waals surface area contributed by atoms with E-state index in [4.69, 9.17) is 9.72 Å². The van der Waals surface area contributed by atoms with Crippen LogP contribution in [0.25, 0.3) is 38.8 Å². The summed E-state index contributed by atoms with van der Waals surface area (Å²) < 4.78 is 37.6. The highest BCUT2D eigenvalue weighted by Gasteiger charge is 2.39. The van der Waals surface area contributed by atoms with Gasteiger partial charge in [0.25, 0.3) is 0 Å². The van der Waals surface area contributed by atoms with Crippen molar-refractivity contribution in [1.82, 2.24) is 28.6 Å². The van der Waals surface area contributed by atoms with Crippen molar-refractivity contribution < 1.29 is 13.2 Å². The summed E-state index contributed by atoms with van der Waals surface area (Å²) in [6.07, 6.45) is 9.87. The molecule has 0 saturated heterocycles. The van der Waals surface area contributed by atoms with Gasteiger partial charge in [-0.25, -0.2) is 23.1 Å². The maximum absolute atomic E-state index is 12.4. The third-order valence-electron chi connectivity index (χ3n) is 7.74. The third-order valence-corrected chi connectivity index (χ3v) is 9.75. The molecular weight excluding hydrogens is 476 g/mol. The summed E-state index contributed by atoms with van der Waals surface area (Å²) >= 11 is 0. The number of rotatable bonds is 6. The molecule has 2 aliphatic rings. The number of H-pyrrole nitrogens is 1. The Balaban J connectivity index is 1.28. The highest BCUT2D eigenvalue weighted by molar-refractivity contribution is 7.90. The Hall–Kier alpha value is -3.37. The summed E-state index contributed by atoms with van der Waals surface area (Å²) in [7, 11) is 0.529. The van der Waals surface area contributed by atoms with E-state index in [-0.39, 0.29) is 17.2 Å². The Morgan fingerprint density at radius 1 is 1.08 bits per heavy atom. The molecule has 5 aromatic rings. The van der Waals surface area contributed by atoms with Gasteiger partial charge in [0.1, 0.15) is 11.6 Å². The minimum absolute atomic E-state index is 0.0299. The Kier molecular flexibility index (Phi) is 4.75. The van der Waals surface area contributed by atoms with Crippen molar-refractivity contribution in [3.63, 3.8) is 0 Å². The molecule has 2 unspecified atom stereocenters. The molecule has 36 heavy (non-hydrogen) atoms. The predicted octanol–water partition coefficient (Wildman–Crippen LogP) is 4.10. The molecule has 10 heteroatoms. The van der Waals surface area contributed by atoms with E-state index in [9.17, 15) is 8.42 Å². The van der Waals surface area contributed by atoms with E-state index in [2.05, 4.69) is 48.1 Å². The number of methoxy groups -OCH3 is 1. The maximum Gasteiger partial charge on any atom is 0.214 e. The molecule has 0 bridgehead atoms. The minimum atomic E-state index is -3.19. The quantitative estimate of drug-likeness (QED) is 0.362. The minimum Gasteiger partial charge on any atom is -0.497 e. The lowest BCUT2D eigenvalue weighted by atomic mass is 10.1. The average Bonchev–Trinajstić information content (AvgIpc) is 3.17. The predicted molar refractivity (Wildman–Crippen MR) is 139 cm³/mol. The number of benzene rings is 1. The van der Waals surface area contributed by atoms with Gasteiger partial charge in [0.15, 0.2) is 5.65 Å². The molecule has 4 aromatic heterocycles. The highest BCUT2D eigenvalue weighted by Crippen LogP contribution is 2.38. The standard InChI is InChI=1S/C26H28N6O3S/c1-31-14-21(20-10-18(35-2)5-8-23(20)31)22-11-24-25(29-22)27-12-17-13-28-26(32(17)24)15-3-4-16(9-15)30-36(33,34)19-6-7-19/h5,8,10-16,19,29-30H,3-4,6-7,9H2,1-2H3. The normalized spacial score (nSPS) is 20.7. The molecule has 2 fully saturated rings. The summed E-state index contributed by atoms with van der Waals surface area (Å²) in [6.45, 7) is 0. The number of nitrogens with zero attached hydrogens (tertiary/aromatic N) is 4. The van der Waals surface area contributed by atoms with E-state index in [0.717, 1.165) is 82.5 Å². The molecule has 2 aliphatic carbocycles. The number of aryl methyl sites for hydroxylation is 1. The first-order chi connectivity index (χ1) is 17.4. The molecule has 7 rings (SSSR count). The fraction of sp³-hybridized carbons (Fsp3) is 0.385. The molecule has 0 radical (unpaired) electrons. The second kappa shape index (κ2) is 7.81. The SMILES string of the molecule is COc1ccc2c(c1)c(-c1cc3c(ncc4cnc(C5CCC(NS(=O)(=O)C6CC6)C5)n43)[nH]1)cn2C. The number of fused-ring (bicyclic) bond motifs is 4. The van der Waals surface area contributed by atoms with Gasteiger partial charge in [0.2, 0.25) is 10.0 Å². The van der Waals surface area contributed by atoms with Gasteiger partial charge in [-0.05, 0) is 56.4 Å². The summed E-state index contributed by atoms with van der Waals surface area (Å²) in [4.78, 5) is 13.0. The number of hydrogen-bond donors (Lipinski definition) is 2. The van der Waals surface area contributed by atoms with Crippen LogP contribution in [0.5, 0.6) is 5.75 Å². The van der Waals surface area contributed by atoms with Crippen molar-refractivity contribution in [3.8, 4) is 17.0 Å². The lowest BCUT2D eigenvalue weighted by molar-refractivity contribution is 0.415. The van der Waals surface area contributed by atoms with Crippen molar-refractivity contribution in [3.05, 3.63) is 48.7 Å². The van der Waals surface area contributed by atoms with Crippen LogP contribution in [0.3, 0.4) is 0 Å². The number of sulfonamides is 1. The van der Waals surface area contributed by atoms with Crippen LogP contribution in [-0.2, 0) is 17.1 Å². The lowest BCUT2D eigenvalue weighted by Crippen LogP contribution is -2.35. The van der Waals surface area contributed by atoms with Gasteiger partial charge in [0.05, 0.1) is 41.5 Å². The van der Waals surface area contributed by atoms with Gasteiger partial charge in [0, 0.05) is 41.7 Å². The van der Waals surface area contributed by atoms with Gasteiger partial charge in [-0.2, -0.15) is 0 Å². The number of imidazole rings is 1. The van der Waals surface area contributed by atoms with Crippen molar-refractivity contribution in [2.45, 2.75) is 49.3 Å². The van der Waals surface area contributed by atoms with Crippen LogP contribution in [0.2, 0.25) is 0 Å². The van der Waals surface area contributed by atoms with E-state index in [0.29, 0.717) is 0 Å². The zero-order valence-corrected chi connectivity index (χ0v) is 21.0. The Labute approximate surface area is 208 Å². The van der Waals surface area contributed by atoms with E-state index in [1.54, 1.807) is 7.11 Å². The summed E-state index contributed by atoms with van der Waals surface area (Å²) in [5, 5.41) is 0.911. The summed E-state index contributed by atoms with van der Waals surface area (Å²) in [5.41, 5.74) is 5.87. The first kappa shape index (κ1) is 21.9. The van der Waals surface area contributed by atoms with E-state index in [1.165, 1.54) is 0 Å². The van der Waals surface area contributed by atoms with Crippen LogP contribution < -0.4 is 9.46 Å². The topological polar surface area (TPSA) is 106 Å². The molecule has 1 aromatic carbocycles.